The minimum Gasteiger partial charge on any atom is -0.466 e. The highest BCUT2D eigenvalue weighted by atomic mass is 16.6. The zero-order chi connectivity index (χ0) is 36.5. The summed E-state index contributed by atoms with van der Waals surface area (Å²) >= 11 is 0. The molecule has 0 radical (unpaired) electrons. The Morgan fingerprint density at radius 2 is 1.02 bits per heavy atom. The molecule has 0 aliphatic rings. The van der Waals surface area contributed by atoms with Crippen molar-refractivity contribution in [2.24, 2.45) is 0 Å². The third kappa shape index (κ3) is 28.0. The van der Waals surface area contributed by atoms with Crippen molar-refractivity contribution < 1.29 is 52.5 Å². The smallest absolute Gasteiger partial charge is 0.333 e. The van der Waals surface area contributed by atoms with E-state index in [1.807, 2.05) is 0 Å². The Kier molecular flexibility index (Phi) is 29.4. The number of nitrogens with zero attached hydrogens (tertiary/aromatic N) is 1. The van der Waals surface area contributed by atoms with E-state index in [0.717, 1.165) is 70.3 Å². The van der Waals surface area contributed by atoms with E-state index >= 15 is 0 Å². The number of carbonyl (C=O) groups is 6. The highest BCUT2D eigenvalue weighted by Gasteiger charge is 2.20. The minimum absolute atomic E-state index is 0.00432. The lowest BCUT2D eigenvalue weighted by Crippen LogP contribution is -2.37. The Labute approximate surface area is 293 Å². The van der Waals surface area contributed by atoms with Crippen molar-refractivity contribution in [2.75, 3.05) is 46.2 Å². The van der Waals surface area contributed by atoms with Crippen LogP contribution in [0.3, 0.4) is 0 Å². The van der Waals surface area contributed by atoms with Crippen molar-refractivity contribution in [3.05, 3.63) is 24.8 Å². The molecule has 280 valence electrons. The van der Waals surface area contributed by atoms with Crippen LogP contribution in [0.5, 0.6) is 0 Å². The topological polar surface area (TPSA) is 152 Å². The maximum atomic E-state index is 13.1. The van der Waals surface area contributed by atoms with Gasteiger partial charge in [-0.15, -0.1) is 0 Å². The molecule has 2 amide bonds. The molecule has 12 nitrogen and oxygen atoms in total. The number of unbranched alkanes of at least 4 members (excludes halogenated alkanes) is 11. The number of hydrogen-bond donors (Lipinski definition) is 0. The zero-order valence-electron chi connectivity index (χ0n) is 30.1. The molecular formula is C37H61NO11. The van der Waals surface area contributed by atoms with Crippen LogP contribution in [0.2, 0.25) is 0 Å². The Hall–Kier alpha value is -3.54. The second kappa shape index (κ2) is 31.7. The molecule has 0 unspecified atom stereocenters. The first-order valence-corrected chi connectivity index (χ1v) is 18.0. The first-order chi connectivity index (χ1) is 23.6. The Balaban J connectivity index is 4.44. The summed E-state index contributed by atoms with van der Waals surface area (Å²) < 4.78 is 25.2. The first kappa shape index (κ1) is 45.5. The summed E-state index contributed by atoms with van der Waals surface area (Å²) in [6.45, 7) is 12.0. The lowest BCUT2D eigenvalue weighted by Gasteiger charge is -2.21. The van der Waals surface area contributed by atoms with Crippen LogP contribution >= 0.6 is 0 Å². The van der Waals surface area contributed by atoms with Crippen LogP contribution in [-0.4, -0.2) is 86.8 Å². The number of hydrogen-bond acceptors (Lipinski definition) is 11. The summed E-state index contributed by atoms with van der Waals surface area (Å²) in [5, 5.41) is 0. The third-order valence-electron chi connectivity index (χ3n) is 7.44. The van der Waals surface area contributed by atoms with Gasteiger partial charge in [0.2, 0.25) is 11.8 Å². The van der Waals surface area contributed by atoms with E-state index < -0.39 is 11.9 Å². The quantitative estimate of drug-likeness (QED) is 0.0336. The molecule has 0 rings (SSSR count). The van der Waals surface area contributed by atoms with Gasteiger partial charge in [-0.1, -0.05) is 64.5 Å². The molecule has 0 fully saturated rings. The predicted octanol–water partition coefficient (Wildman–Crippen LogP) is 6.33. The Bertz CT molecular complexity index is 995. The number of imide groups is 1. The van der Waals surface area contributed by atoms with E-state index in [-0.39, 0.29) is 55.6 Å². The molecule has 0 aromatic rings. The fraction of sp³-hybridized carbons (Fsp3) is 0.730. The number of ether oxygens (including phenoxy) is 5. The maximum Gasteiger partial charge on any atom is 0.333 e. The van der Waals surface area contributed by atoms with Gasteiger partial charge in [0.25, 0.3) is 0 Å². The molecule has 0 saturated carbocycles. The number of esters is 4. The van der Waals surface area contributed by atoms with Gasteiger partial charge in [-0.3, -0.25) is 24.1 Å². The largest absolute Gasteiger partial charge is 0.466 e. The summed E-state index contributed by atoms with van der Waals surface area (Å²) in [6.07, 6.45) is 13.7. The van der Waals surface area contributed by atoms with Gasteiger partial charge in [0, 0.05) is 50.5 Å². The van der Waals surface area contributed by atoms with Crippen LogP contribution in [0.25, 0.3) is 0 Å². The average molecular weight is 696 g/mol. The molecule has 0 aromatic heterocycles. The highest BCUT2D eigenvalue weighted by molar-refractivity contribution is 5.95. The zero-order valence-corrected chi connectivity index (χ0v) is 30.1. The third-order valence-corrected chi connectivity index (χ3v) is 7.44. The van der Waals surface area contributed by atoms with Gasteiger partial charge in [-0.05, 0) is 52.4 Å². The fourth-order valence-electron chi connectivity index (χ4n) is 4.72. The molecule has 0 aliphatic heterocycles. The van der Waals surface area contributed by atoms with Crippen LogP contribution < -0.4 is 0 Å². The highest BCUT2D eigenvalue weighted by Crippen LogP contribution is 2.14. The summed E-state index contributed by atoms with van der Waals surface area (Å²) in [5.41, 5.74) is 0.283. The minimum atomic E-state index is -0.522. The molecule has 0 aliphatic carbocycles. The molecule has 0 aromatic carbocycles. The number of rotatable bonds is 32. The van der Waals surface area contributed by atoms with Crippen molar-refractivity contribution in [2.45, 2.75) is 129 Å². The molecule has 0 atom stereocenters. The number of amides is 2. The molecular weight excluding hydrogens is 634 g/mol. The van der Waals surface area contributed by atoms with Gasteiger partial charge >= 0.3 is 23.9 Å². The number of carbonyl (C=O) groups excluding carboxylic acids is 6. The first-order valence-electron chi connectivity index (χ1n) is 18.0. The van der Waals surface area contributed by atoms with E-state index in [2.05, 4.69) is 13.2 Å². The van der Waals surface area contributed by atoms with Crippen molar-refractivity contribution in [1.29, 1.82) is 0 Å². The Morgan fingerprint density at radius 3 is 1.57 bits per heavy atom. The van der Waals surface area contributed by atoms with Crippen molar-refractivity contribution in [3.8, 4) is 0 Å². The average Bonchev–Trinajstić information content (AvgIpc) is 3.07. The van der Waals surface area contributed by atoms with E-state index in [9.17, 15) is 28.8 Å². The predicted molar refractivity (Wildman–Crippen MR) is 185 cm³/mol. The van der Waals surface area contributed by atoms with Gasteiger partial charge in [0.05, 0.1) is 13.2 Å². The molecule has 0 heterocycles. The van der Waals surface area contributed by atoms with Crippen LogP contribution in [0.1, 0.15) is 129 Å². The SMILES string of the molecule is C=CC(=O)OCCOCCCCCCCC(=O)N(CCCCCCC(=O)OCCOC(=O)C(=C)C)C(=O)CCCCCCCC(=O)OCC. The molecule has 0 bridgehead atoms. The maximum absolute atomic E-state index is 13.1. The van der Waals surface area contributed by atoms with Gasteiger partial charge in [0.1, 0.15) is 19.8 Å². The Morgan fingerprint density at radius 1 is 0.551 bits per heavy atom. The molecule has 0 spiro atoms. The summed E-state index contributed by atoms with van der Waals surface area (Å²) in [6, 6.07) is 0. The summed E-state index contributed by atoms with van der Waals surface area (Å²) in [4.78, 5) is 73.3. The lowest BCUT2D eigenvalue weighted by atomic mass is 10.1. The normalized spacial score (nSPS) is 10.6. The standard InChI is InChI=1S/C37H61NO11/c1-5-34(41)47-28-27-45-26-20-14-8-10-16-22-33(40)38(32(39)21-15-9-7-11-17-23-35(42)46-6-2)25-19-13-12-18-24-36(43)48-29-30-49-37(44)31(3)4/h5H,1,3,6-30H2,2,4H3. The van der Waals surface area contributed by atoms with E-state index in [1.165, 1.54) is 4.90 Å². The summed E-state index contributed by atoms with van der Waals surface area (Å²) in [7, 11) is 0. The van der Waals surface area contributed by atoms with Gasteiger partial charge in [-0.2, -0.15) is 0 Å². The van der Waals surface area contributed by atoms with Gasteiger partial charge in [0.15, 0.2) is 0 Å². The van der Waals surface area contributed by atoms with Crippen LogP contribution in [0.15, 0.2) is 24.8 Å². The van der Waals surface area contributed by atoms with Gasteiger partial charge in [-0.25, -0.2) is 9.59 Å². The van der Waals surface area contributed by atoms with Crippen molar-refractivity contribution in [3.63, 3.8) is 0 Å². The molecule has 12 heteroatoms. The van der Waals surface area contributed by atoms with Crippen LogP contribution in [0, 0.1) is 0 Å². The van der Waals surface area contributed by atoms with Crippen LogP contribution in [-0.2, 0) is 52.5 Å². The van der Waals surface area contributed by atoms with Crippen LogP contribution in [0.4, 0.5) is 0 Å². The fourth-order valence-corrected chi connectivity index (χ4v) is 4.72. The van der Waals surface area contributed by atoms with Crippen molar-refractivity contribution >= 4 is 35.7 Å². The van der Waals surface area contributed by atoms with E-state index in [0.29, 0.717) is 71.3 Å². The second-order valence-corrected chi connectivity index (χ2v) is 11.8. The van der Waals surface area contributed by atoms with E-state index in [4.69, 9.17) is 23.7 Å². The van der Waals surface area contributed by atoms with E-state index in [1.54, 1.807) is 13.8 Å². The molecule has 49 heavy (non-hydrogen) atoms. The van der Waals surface area contributed by atoms with Crippen molar-refractivity contribution in [1.82, 2.24) is 4.90 Å². The lowest BCUT2D eigenvalue weighted by molar-refractivity contribution is -0.150. The van der Waals surface area contributed by atoms with Gasteiger partial charge < -0.3 is 23.7 Å². The molecule has 0 N–H and O–H groups in total. The molecule has 0 saturated heterocycles. The second-order valence-electron chi connectivity index (χ2n) is 11.8. The monoisotopic (exact) mass is 695 g/mol. The summed E-state index contributed by atoms with van der Waals surface area (Å²) in [5.74, 6) is -1.83.